The molecule has 0 radical (unpaired) electrons. The van der Waals surface area contributed by atoms with Crippen molar-refractivity contribution in [2.24, 2.45) is 4.99 Å². The van der Waals surface area contributed by atoms with E-state index in [1.165, 1.54) is 4.57 Å². The number of benzene rings is 3. The van der Waals surface area contributed by atoms with Gasteiger partial charge in [-0.1, -0.05) is 30.3 Å². The summed E-state index contributed by atoms with van der Waals surface area (Å²) in [5.41, 5.74) is 2.54. The topological polar surface area (TPSA) is 63.8 Å². The van der Waals surface area contributed by atoms with E-state index >= 15 is 0 Å². The van der Waals surface area contributed by atoms with Gasteiger partial charge in [0.25, 0.3) is 5.56 Å². The molecule has 0 saturated heterocycles. The smallest absolute Gasteiger partial charge is 0.265 e. The first-order valence-electron chi connectivity index (χ1n) is 9.79. The second-order valence-corrected chi connectivity index (χ2v) is 6.95. The van der Waals surface area contributed by atoms with Crippen LogP contribution in [0, 0.1) is 6.92 Å². The largest absolute Gasteiger partial charge is 0.494 e. The molecule has 0 saturated carbocycles. The van der Waals surface area contributed by atoms with E-state index in [4.69, 9.17) is 4.74 Å². The highest BCUT2D eigenvalue weighted by Crippen LogP contribution is 2.27. The van der Waals surface area contributed by atoms with Gasteiger partial charge in [-0.3, -0.25) is 9.79 Å². The van der Waals surface area contributed by atoms with Crippen LogP contribution in [0.3, 0.4) is 0 Å². The first-order valence-corrected chi connectivity index (χ1v) is 9.79. The Labute approximate surface area is 174 Å². The number of aromatic hydroxyl groups is 1. The number of hydrogen-bond donors (Lipinski definition) is 1. The fourth-order valence-corrected chi connectivity index (χ4v) is 3.43. The highest BCUT2D eigenvalue weighted by molar-refractivity contribution is 6.02. The second-order valence-electron chi connectivity index (χ2n) is 6.95. The molecule has 5 nitrogen and oxygen atoms in total. The maximum absolute atomic E-state index is 13.1. The van der Waals surface area contributed by atoms with Crippen LogP contribution in [0.25, 0.3) is 16.5 Å². The molecule has 30 heavy (non-hydrogen) atoms. The Bertz CT molecular complexity index is 1290. The molecule has 1 N–H and O–H groups in total. The lowest BCUT2D eigenvalue weighted by Crippen LogP contribution is -2.20. The quantitative estimate of drug-likeness (QED) is 0.473. The predicted molar refractivity (Wildman–Crippen MR) is 121 cm³/mol. The molecule has 0 atom stereocenters. The molecule has 5 heteroatoms. The van der Waals surface area contributed by atoms with E-state index in [2.05, 4.69) is 4.99 Å². The van der Waals surface area contributed by atoms with Crippen molar-refractivity contribution in [2.75, 3.05) is 6.61 Å². The zero-order valence-electron chi connectivity index (χ0n) is 16.9. The first-order chi connectivity index (χ1) is 14.6. The monoisotopic (exact) mass is 398 g/mol. The van der Waals surface area contributed by atoms with Crippen molar-refractivity contribution >= 4 is 22.7 Å². The van der Waals surface area contributed by atoms with Crippen molar-refractivity contribution in [1.82, 2.24) is 4.57 Å². The second kappa shape index (κ2) is 8.25. The number of aliphatic imine (C=N–C) groups is 1. The van der Waals surface area contributed by atoms with Crippen molar-refractivity contribution < 1.29 is 9.84 Å². The van der Waals surface area contributed by atoms with Crippen LogP contribution in [0.1, 0.15) is 18.1 Å². The van der Waals surface area contributed by atoms with E-state index in [0.29, 0.717) is 28.6 Å². The molecule has 3 aromatic carbocycles. The molecule has 0 spiro atoms. The molecule has 4 aromatic rings. The number of ether oxygens (including phenoxy) is 1. The highest BCUT2D eigenvalue weighted by Gasteiger charge is 2.16. The molecule has 0 aliphatic heterocycles. The van der Waals surface area contributed by atoms with Crippen LogP contribution in [-0.2, 0) is 0 Å². The van der Waals surface area contributed by atoms with Crippen molar-refractivity contribution in [2.45, 2.75) is 13.8 Å². The fourth-order valence-electron chi connectivity index (χ4n) is 3.43. The van der Waals surface area contributed by atoms with Crippen LogP contribution >= 0.6 is 0 Å². The number of hydrogen-bond acceptors (Lipinski definition) is 4. The Hall–Kier alpha value is -3.86. The van der Waals surface area contributed by atoms with Crippen LogP contribution < -0.4 is 10.3 Å². The van der Waals surface area contributed by atoms with Gasteiger partial charge in [-0.2, -0.15) is 0 Å². The van der Waals surface area contributed by atoms with Gasteiger partial charge in [0.1, 0.15) is 5.75 Å². The molecule has 0 fully saturated rings. The summed E-state index contributed by atoms with van der Waals surface area (Å²) in [6.07, 6.45) is 1.60. The van der Waals surface area contributed by atoms with E-state index in [9.17, 15) is 9.90 Å². The van der Waals surface area contributed by atoms with E-state index in [1.54, 1.807) is 18.3 Å². The minimum Gasteiger partial charge on any atom is -0.494 e. The Morgan fingerprint density at radius 2 is 1.73 bits per heavy atom. The third-order valence-corrected chi connectivity index (χ3v) is 4.85. The SMILES string of the molecule is CCOc1ccc(N=Cc2c(O)n(-c3cccc(C)c3)c(=O)c3ccccc23)cc1. The number of aryl methyl sites for hydroxylation is 1. The standard InChI is InChI=1S/C25H22N2O3/c1-3-30-20-13-11-18(12-14-20)26-16-23-21-9-4-5-10-22(21)24(28)27(25(23)29)19-8-6-7-17(2)15-19/h4-16,29H,3H2,1-2H3. The first kappa shape index (κ1) is 19.5. The number of rotatable bonds is 5. The van der Waals surface area contributed by atoms with Crippen LogP contribution in [0.5, 0.6) is 11.6 Å². The summed E-state index contributed by atoms with van der Waals surface area (Å²) in [6.45, 7) is 4.48. The molecule has 0 unspecified atom stereocenters. The van der Waals surface area contributed by atoms with Gasteiger partial charge in [0, 0.05) is 17.0 Å². The number of pyridine rings is 1. The summed E-state index contributed by atoms with van der Waals surface area (Å²) in [7, 11) is 0. The van der Waals surface area contributed by atoms with Crippen LogP contribution in [-0.4, -0.2) is 22.5 Å². The summed E-state index contributed by atoms with van der Waals surface area (Å²) in [6, 6.07) is 22.1. The molecule has 1 heterocycles. The number of aromatic nitrogens is 1. The molecule has 0 bridgehead atoms. The molecule has 4 rings (SSSR count). The molecular formula is C25H22N2O3. The lowest BCUT2D eigenvalue weighted by atomic mass is 10.1. The van der Waals surface area contributed by atoms with Gasteiger partial charge >= 0.3 is 0 Å². The van der Waals surface area contributed by atoms with E-state index in [0.717, 1.165) is 17.0 Å². The van der Waals surface area contributed by atoms with Gasteiger partial charge in [-0.05, 0) is 61.9 Å². The molecule has 0 amide bonds. The normalized spacial score (nSPS) is 11.3. The Morgan fingerprint density at radius 1 is 1.00 bits per heavy atom. The summed E-state index contributed by atoms with van der Waals surface area (Å²) in [4.78, 5) is 17.6. The van der Waals surface area contributed by atoms with E-state index < -0.39 is 0 Å². The molecule has 0 aliphatic carbocycles. The van der Waals surface area contributed by atoms with Gasteiger partial charge in [0.15, 0.2) is 0 Å². The van der Waals surface area contributed by atoms with Crippen LogP contribution in [0.4, 0.5) is 5.69 Å². The average Bonchev–Trinajstić information content (AvgIpc) is 2.75. The van der Waals surface area contributed by atoms with Gasteiger partial charge < -0.3 is 9.84 Å². The Kier molecular flexibility index (Phi) is 5.35. The molecule has 150 valence electrons. The van der Waals surface area contributed by atoms with E-state index in [-0.39, 0.29) is 11.4 Å². The Balaban J connectivity index is 1.87. The van der Waals surface area contributed by atoms with Gasteiger partial charge in [0.2, 0.25) is 5.88 Å². The minimum atomic E-state index is -0.271. The maximum atomic E-state index is 13.1. The average molecular weight is 398 g/mol. The van der Waals surface area contributed by atoms with Crippen LogP contribution in [0.2, 0.25) is 0 Å². The van der Waals surface area contributed by atoms with Crippen LogP contribution in [0.15, 0.2) is 82.6 Å². The summed E-state index contributed by atoms with van der Waals surface area (Å²) in [5.74, 6) is 0.636. The summed E-state index contributed by atoms with van der Waals surface area (Å²) >= 11 is 0. The summed E-state index contributed by atoms with van der Waals surface area (Å²) in [5, 5.41) is 12.2. The lowest BCUT2D eigenvalue weighted by molar-refractivity contribution is 0.340. The molecule has 1 aromatic heterocycles. The number of fused-ring (bicyclic) bond motifs is 1. The summed E-state index contributed by atoms with van der Waals surface area (Å²) < 4.78 is 6.79. The van der Waals surface area contributed by atoms with Crippen molar-refractivity contribution in [3.05, 3.63) is 94.3 Å². The minimum absolute atomic E-state index is 0.140. The third-order valence-electron chi connectivity index (χ3n) is 4.85. The van der Waals surface area contributed by atoms with Crippen molar-refractivity contribution in [3.8, 4) is 17.3 Å². The fraction of sp³-hybridized carbons (Fsp3) is 0.120. The van der Waals surface area contributed by atoms with Crippen molar-refractivity contribution in [1.29, 1.82) is 0 Å². The third kappa shape index (κ3) is 3.70. The van der Waals surface area contributed by atoms with Gasteiger partial charge in [-0.15, -0.1) is 0 Å². The Morgan fingerprint density at radius 3 is 2.43 bits per heavy atom. The highest BCUT2D eigenvalue weighted by atomic mass is 16.5. The van der Waals surface area contributed by atoms with Gasteiger partial charge in [-0.25, -0.2) is 4.57 Å². The lowest BCUT2D eigenvalue weighted by Gasteiger charge is -2.14. The maximum Gasteiger partial charge on any atom is 0.265 e. The van der Waals surface area contributed by atoms with E-state index in [1.807, 2.05) is 74.5 Å². The van der Waals surface area contributed by atoms with Crippen molar-refractivity contribution in [3.63, 3.8) is 0 Å². The molecular weight excluding hydrogens is 376 g/mol. The zero-order valence-corrected chi connectivity index (χ0v) is 16.9. The predicted octanol–water partition coefficient (Wildman–Crippen LogP) is 5.15. The molecule has 0 aliphatic rings. The van der Waals surface area contributed by atoms with Gasteiger partial charge in [0.05, 0.1) is 23.5 Å². The zero-order chi connectivity index (χ0) is 21.1. The number of nitrogens with zero attached hydrogens (tertiary/aromatic N) is 2.